The van der Waals surface area contributed by atoms with Crippen molar-refractivity contribution in [3.63, 3.8) is 0 Å². The molecule has 6 nitrogen and oxygen atoms in total. The summed E-state index contributed by atoms with van der Waals surface area (Å²) < 4.78 is 6.47. The summed E-state index contributed by atoms with van der Waals surface area (Å²) in [5, 5.41) is 5.66. The molecule has 0 radical (unpaired) electrons. The van der Waals surface area contributed by atoms with Gasteiger partial charge in [0, 0.05) is 0 Å². The van der Waals surface area contributed by atoms with Crippen LogP contribution in [0.25, 0.3) is 10.9 Å². The molecule has 0 unspecified atom stereocenters. The van der Waals surface area contributed by atoms with Crippen LogP contribution in [-0.2, 0) is 6.61 Å². The van der Waals surface area contributed by atoms with E-state index in [1.54, 1.807) is 54.6 Å². The molecule has 0 aliphatic rings. The number of aromatic amines is 1. The monoisotopic (exact) mass is 507 g/mol. The van der Waals surface area contributed by atoms with Crippen molar-refractivity contribution in [3.05, 3.63) is 107 Å². The molecule has 3 aromatic carbocycles. The highest BCUT2D eigenvalue weighted by atomic mass is 35.5. The summed E-state index contributed by atoms with van der Waals surface area (Å²) in [4.78, 5) is 27.4. The van der Waals surface area contributed by atoms with Gasteiger partial charge in [0.25, 0.3) is 5.56 Å². The Balaban J connectivity index is 1.59. The van der Waals surface area contributed by atoms with Crippen LogP contribution < -0.4 is 16.0 Å². The van der Waals surface area contributed by atoms with E-state index in [0.717, 1.165) is 10.2 Å². The van der Waals surface area contributed by atoms with Crippen molar-refractivity contribution < 1.29 is 4.74 Å². The quantitative estimate of drug-likeness (QED) is 0.348. The number of nitrogens with one attached hydrogen (secondary N) is 1. The lowest BCUT2D eigenvalue weighted by Gasteiger charge is -2.11. The molecule has 0 atom stereocenters. The van der Waals surface area contributed by atoms with Gasteiger partial charge in [-0.2, -0.15) is 5.10 Å². The molecule has 1 N–H and O–H groups in total. The second kappa shape index (κ2) is 9.38. The van der Waals surface area contributed by atoms with Crippen LogP contribution in [0.1, 0.15) is 11.1 Å². The second-order valence-corrected chi connectivity index (χ2v) is 8.32. The number of halogens is 4. The lowest BCUT2D eigenvalue weighted by atomic mass is 10.2. The average Bonchev–Trinajstić information content (AvgIpc) is 2.75. The molecule has 0 amide bonds. The largest absolute Gasteiger partial charge is 0.486 e. The summed E-state index contributed by atoms with van der Waals surface area (Å²) >= 11 is 24.6. The molecule has 0 saturated carbocycles. The Kier molecular flexibility index (Phi) is 6.58. The summed E-state index contributed by atoms with van der Waals surface area (Å²) in [7, 11) is 0. The third-order valence-corrected chi connectivity index (χ3v) is 5.79. The zero-order valence-electron chi connectivity index (χ0n) is 16.1. The Morgan fingerprint density at radius 1 is 0.906 bits per heavy atom. The van der Waals surface area contributed by atoms with Gasteiger partial charge in [0.2, 0.25) is 0 Å². The normalized spacial score (nSPS) is 11.4. The highest BCUT2D eigenvalue weighted by Gasteiger charge is 2.11. The van der Waals surface area contributed by atoms with Crippen molar-refractivity contribution in [2.45, 2.75) is 6.61 Å². The fourth-order valence-corrected chi connectivity index (χ4v) is 3.89. The maximum absolute atomic E-state index is 12.6. The molecular formula is C22H13Cl4N3O3. The number of para-hydroxylation sites is 1. The number of H-pyrrole nitrogens is 1. The highest BCUT2D eigenvalue weighted by molar-refractivity contribution is 6.42. The molecule has 4 rings (SSSR count). The molecule has 1 aromatic heterocycles. The van der Waals surface area contributed by atoms with Crippen LogP contribution in [-0.4, -0.2) is 15.9 Å². The number of hydrogen-bond donors (Lipinski definition) is 1. The van der Waals surface area contributed by atoms with E-state index in [2.05, 4.69) is 10.1 Å². The Labute approximate surface area is 201 Å². The molecule has 1 heterocycles. The van der Waals surface area contributed by atoms with E-state index in [-0.39, 0.29) is 22.4 Å². The highest BCUT2D eigenvalue weighted by Crippen LogP contribution is 2.34. The first-order valence-corrected chi connectivity index (χ1v) is 10.7. The Hall–Kier alpha value is -2.77. The van der Waals surface area contributed by atoms with Crippen LogP contribution in [0.15, 0.2) is 69.3 Å². The van der Waals surface area contributed by atoms with Crippen LogP contribution >= 0.6 is 46.4 Å². The minimum atomic E-state index is -0.663. The molecule has 0 fully saturated rings. The number of ether oxygens (including phenoxy) is 1. The fraction of sp³-hybridized carbons (Fsp3) is 0.0455. The maximum atomic E-state index is 12.6. The van der Waals surface area contributed by atoms with Crippen LogP contribution in [0.2, 0.25) is 20.1 Å². The van der Waals surface area contributed by atoms with Gasteiger partial charge in [0.15, 0.2) is 5.75 Å². The van der Waals surface area contributed by atoms with Crippen molar-refractivity contribution in [2.75, 3.05) is 0 Å². The number of aromatic nitrogens is 2. The number of hydrogen-bond acceptors (Lipinski definition) is 4. The van der Waals surface area contributed by atoms with E-state index in [4.69, 9.17) is 51.1 Å². The van der Waals surface area contributed by atoms with E-state index in [0.29, 0.717) is 26.5 Å². The number of fused-ring (bicyclic) bond motifs is 1. The summed E-state index contributed by atoms with van der Waals surface area (Å²) in [6.07, 6.45) is 1.31. The average molecular weight is 509 g/mol. The molecule has 32 heavy (non-hydrogen) atoms. The predicted octanol–water partition coefficient (Wildman–Crippen LogP) is 5.76. The Morgan fingerprint density at radius 3 is 2.34 bits per heavy atom. The van der Waals surface area contributed by atoms with Gasteiger partial charge in [-0.1, -0.05) is 64.6 Å². The third kappa shape index (κ3) is 4.69. The maximum Gasteiger partial charge on any atom is 0.349 e. The molecule has 0 bridgehead atoms. The first-order valence-electron chi connectivity index (χ1n) is 9.17. The number of rotatable bonds is 5. The van der Waals surface area contributed by atoms with E-state index in [1.165, 1.54) is 6.21 Å². The van der Waals surface area contributed by atoms with Crippen LogP contribution in [0.5, 0.6) is 5.75 Å². The Morgan fingerprint density at radius 2 is 1.62 bits per heavy atom. The first-order chi connectivity index (χ1) is 15.3. The topological polar surface area (TPSA) is 76.5 Å². The van der Waals surface area contributed by atoms with E-state index < -0.39 is 11.2 Å². The number of nitrogens with zero attached hydrogens (tertiary/aromatic N) is 2. The van der Waals surface area contributed by atoms with Crippen LogP contribution in [0.4, 0.5) is 0 Å². The summed E-state index contributed by atoms with van der Waals surface area (Å²) in [6.45, 7) is 0.172. The van der Waals surface area contributed by atoms with Gasteiger partial charge in [0.1, 0.15) is 6.61 Å². The number of benzene rings is 3. The van der Waals surface area contributed by atoms with Crippen molar-refractivity contribution in [3.8, 4) is 5.75 Å². The van der Waals surface area contributed by atoms with Crippen molar-refractivity contribution in [1.29, 1.82) is 0 Å². The zero-order valence-corrected chi connectivity index (χ0v) is 19.1. The third-order valence-electron chi connectivity index (χ3n) is 4.49. The molecule has 0 saturated heterocycles. The molecule has 0 aliphatic heterocycles. The summed E-state index contributed by atoms with van der Waals surface area (Å²) in [5.74, 6) is 0.275. The second-order valence-electron chi connectivity index (χ2n) is 6.69. The first kappa shape index (κ1) is 22.4. The van der Waals surface area contributed by atoms with Gasteiger partial charge in [-0.05, 0) is 47.5 Å². The van der Waals surface area contributed by atoms with Crippen molar-refractivity contribution in [1.82, 2.24) is 9.66 Å². The minimum Gasteiger partial charge on any atom is -0.486 e. The van der Waals surface area contributed by atoms with Gasteiger partial charge in [-0.3, -0.25) is 4.79 Å². The smallest absolute Gasteiger partial charge is 0.349 e. The molecule has 10 heteroatoms. The standard InChI is InChI=1S/C22H13Cl4N3O3/c23-15-6-5-12(7-16(15)24)11-32-20-17(25)8-13(9-18(20)26)10-27-29-21(30)14-3-1-2-4-19(14)28-22(29)31/h1-10H,11H2,(H,28,31). The van der Waals surface area contributed by atoms with Gasteiger partial charge in [-0.25, -0.2) is 4.79 Å². The lowest BCUT2D eigenvalue weighted by Crippen LogP contribution is -2.32. The van der Waals surface area contributed by atoms with E-state index >= 15 is 0 Å². The van der Waals surface area contributed by atoms with Gasteiger partial charge in [0.05, 0.1) is 37.2 Å². The molecule has 162 valence electrons. The lowest BCUT2D eigenvalue weighted by molar-refractivity contribution is 0.306. The summed E-state index contributed by atoms with van der Waals surface area (Å²) in [6, 6.07) is 14.9. The Bertz CT molecular complexity index is 1450. The van der Waals surface area contributed by atoms with Gasteiger partial charge in [-0.15, -0.1) is 4.68 Å². The molecule has 0 spiro atoms. The molecule has 4 aromatic rings. The minimum absolute atomic E-state index is 0.172. The SMILES string of the molecule is O=c1[nH]c2ccccc2c(=O)n1N=Cc1cc(Cl)c(OCc2ccc(Cl)c(Cl)c2)c(Cl)c1. The molecule has 0 aliphatic carbocycles. The molecular weight excluding hydrogens is 496 g/mol. The van der Waals surface area contributed by atoms with Gasteiger partial charge >= 0.3 is 5.69 Å². The van der Waals surface area contributed by atoms with Crippen LogP contribution in [0, 0.1) is 0 Å². The zero-order chi connectivity index (χ0) is 22.8. The van der Waals surface area contributed by atoms with Crippen molar-refractivity contribution in [2.24, 2.45) is 5.10 Å². The van der Waals surface area contributed by atoms with Gasteiger partial charge < -0.3 is 9.72 Å². The van der Waals surface area contributed by atoms with E-state index in [9.17, 15) is 9.59 Å². The fourth-order valence-electron chi connectivity index (χ4n) is 2.96. The summed E-state index contributed by atoms with van der Waals surface area (Å²) in [5.41, 5.74) is 0.486. The van der Waals surface area contributed by atoms with Crippen LogP contribution in [0.3, 0.4) is 0 Å². The predicted molar refractivity (Wildman–Crippen MR) is 129 cm³/mol. The van der Waals surface area contributed by atoms with Crippen molar-refractivity contribution >= 4 is 63.5 Å². The van der Waals surface area contributed by atoms with E-state index in [1.807, 2.05) is 0 Å².